The van der Waals surface area contributed by atoms with Crippen molar-refractivity contribution in [1.29, 1.82) is 0 Å². The Hall–Kier alpha value is -4.01. The van der Waals surface area contributed by atoms with Crippen molar-refractivity contribution in [2.75, 3.05) is 79.0 Å². The number of aromatic amines is 1. The van der Waals surface area contributed by atoms with Crippen LogP contribution in [0.3, 0.4) is 0 Å². The van der Waals surface area contributed by atoms with E-state index in [4.69, 9.17) is 0 Å². The van der Waals surface area contributed by atoms with E-state index in [-0.39, 0.29) is 23.2 Å². The molecule has 5 heterocycles. The van der Waals surface area contributed by atoms with Gasteiger partial charge in [0.25, 0.3) is 0 Å². The Kier molecular flexibility index (Phi) is 7.74. The number of anilines is 6. The summed E-state index contributed by atoms with van der Waals surface area (Å²) in [6.07, 6.45) is 3.77. The standard InChI is InChI=1S/C31H37F2N9O2S/c1-39-14-16-40(17-15-39)22-9-11-41(12-10-22)26-7-6-21(18-24(26)32)34-31-37-29(23-19-27(33)36-30(23)38-31)35-25-5-3-4-20-8-13-42(28(20)25)45(2,43)44/h3-7,18-19,22H,8-17H2,1-2H3,(H3,34,35,36,37,38). The molecular formula is C31H37F2N9O2S. The van der Waals surface area contributed by atoms with Crippen LogP contribution in [0.4, 0.5) is 43.3 Å². The molecule has 3 aliphatic heterocycles. The van der Waals surface area contributed by atoms with Crippen LogP contribution in [-0.4, -0.2) is 98.3 Å². The van der Waals surface area contributed by atoms with Gasteiger partial charge in [0.1, 0.15) is 17.3 Å². The number of hydrogen-bond acceptors (Lipinski definition) is 9. The van der Waals surface area contributed by atoms with Gasteiger partial charge >= 0.3 is 0 Å². The van der Waals surface area contributed by atoms with Crippen molar-refractivity contribution >= 4 is 55.6 Å². The molecule has 3 N–H and O–H groups in total. The summed E-state index contributed by atoms with van der Waals surface area (Å²) in [6, 6.07) is 12.3. The SMILES string of the molecule is CN1CCN(C2CCN(c3ccc(Nc4nc(Nc5cccc6c5N(S(C)(=O)=O)CC6)c5cc(F)[nH]c5n4)cc3F)CC2)CC1. The van der Waals surface area contributed by atoms with Gasteiger partial charge in [0.2, 0.25) is 16.0 Å². The summed E-state index contributed by atoms with van der Waals surface area (Å²) in [4.78, 5) is 18.6. The van der Waals surface area contributed by atoms with Crippen molar-refractivity contribution in [1.82, 2.24) is 24.8 Å². The molecule has 2 fully saturated rings. The van der Waals surface area contributed by atoms with Crippen molar-refractivity contribution < 1.29 is 17.2 Å². The lowest BCUT2D eigenvalue weighted by Gasteiger charge is -2.42. The van der Waals surface area contributed by atoms with Crippen LogP contribution in [0, 0.1) is 11.8 Å². The second-order valence-electron chi connectivity index (χ2n) is 12.1. The Balaban J connectivity index is 1.10. The Morgan fingerprint density at radius 3 is 2.44 bits per heavy atom. The molecule has 238 valence electrons. The topological polar surface area (TPSA) is 113 Å². The number of sulfonamides is 1. The van der Waals surface area contributed by atoms with Crippen LogP contribution in [0.15, 0.2) is 42.5 Å². The molecule has 0 atom stereocenters. The number of hydrogen-bond donors (Lipinski definition) is 3. The summed E-state index contributed by atoms with van der Waals surface area (Å²) >= 11 is 0. The fourth-order valence-corrected chi connectivity index (χ4v) is 7.71. The van der Waals surface area contributed by atoms with Gasteiger partial charge in [0.15, 0.2) is 5.95 Å². The van der Waals surface area contributed by atoms with E-state index in [1.165, 1.54) is 22.7 Å². The zero-order valence-electron chi connectivity index (χ0n) is 25.4. The first-order chi connectivity index (χ1) is 21.6. The molecule has 2 aromatic heterocycles. The summed E-state index contributed by atoms with van der Waals surface area (Å²) in [5.74, 6) is -0.539. The lowest BCUT2D eigenvalue weighted by molar-refractivity contribution is 0.0981. The number of aromatic nitrogens is 3. The highest BCUT2D eigenvalue weighted by molar-refractivity contribution is 7.92. The molecule has 0 bridgehead atoms. The number of piperazine rings is 1. The number of nitrogens with one attached hydrogen (secondary N) is 3. The van der Waals surface area contributed by atoms with E-state index < -0.39 is 16.0 Å². The van der Waals surface area contributed by atoms with Gasteiger partial charge < -0.3 is 25.4 Å². The van der Waals surface area contributed by atoms with E-state index in [2.05, 4.69) is 47.3 Å². The molecule has 14 heteroatoms. The summed E-state index contributed by atoms with van der Waals surface area (Å²) in [6.45, 7) is 6.29. The molecule has 0 amide bonds. The molecule has 11 nitrogen and oxygen atoms in total. The molecule has 7 rings (SSSR count). The third-order valence-corrected chi connectivity index (χ3v) is 10.3. The van der Waals surface area contributed by atoms with Gasteiger partial charge in [0.05, 0.1) is 28.7 Å². The third-order valence-electron chi connectivity index (χ3n) is 9.12. The number of rotatable bonds is 7. The van der Waals surface area contributed by atoms with E-state index in [0.717, 1.165) is 57.7 Å². The van der Waals surface area contributed by atoms with Crippen LogP contribution in [0.5, 0.6) is 0 Å². The number of piperidine rings is 1. The molecule has 2 saturated heterocycles. The fraction of sp³-hybridized carbons (Fsp3) is 0.419. The minimum absolute atomic E-state index is 0.125. The van der Waals surface area contributed by atoms with Crippen molar-refractivity contribution in [2.45, 2.75) is 25.3 Å². The highest BCUT2D eigenvalue weighted by Gasteiger charge is 2.30. The minimum atomic E-state index is -3.50. The largest absolute Gasteiger partial charge is 0.369 e. The normalized spacial score (nSPS) is 18.5. The van der Waals surface area contributed by atoms with E-state index in [9.17, 15) is 12.8 Å². The summed E-state index contributed by atoms with van der Waals surface area (Å²) in [7, 11) is -1.34. The Morgan fingerprint density at radius 2 is 1.71 bits per heavy atom. The zero-order valence-corrected chi connectivity index (χ0v) is 26.2. The highest BCUT2D eigenvalue weighted by atomic mass is 32.2. The lowest BCUT2D eigenvalue weighted by atomic mass is 10.0. The van der Waals surface area contributed by atoms with E-state index in [0.29, 0.717) is 47.1 Å². The van der Waals surface area contributed by atoms with E-state index in [1.807, 2.05) is 12.1 Å². The average Bonchev–Trinajstić information content (AvgIpc) is 3.62. The predicted octanol–water partition coefficient (Wildman–Crippen LogP) is 4.26. The van der Waals surface area contributed by atoms with Crippen molar-refractivity contribution in [3.05, 3.63) is 59.8 Å². The zero-order chi connectivity index (χ0) is 31.3. The van der Waals surface area contributed by atoms with Crippen LogP contribution < -0.4 is 19.8 Å². The molecule has 4 aromatic rings. The lowest BCUT2D eigenvalue weighted by Crippen LogP contribution is -2.52. The summed E-state index contributed by atoms with van der Waals surface area (Å²) < 4.78 is 56.1. The van der Waals surface area contributed by atoms with Crippen molar-refractivity contribution in [3.63, 3.8) is 0 Å². The van der Waals surface area contributed by atoms with Crippen molar-refractivity contribution in [3.8, 4) is 0 Å². The van der Waals surface area contributed by atoms with Gasteiger partial charge in [-0.1, -0.05) is 12.1 Å². The van der Waals surface area contributed by atoms with Crippen LogP contribution in [-0.2, 0) is 16.4 Å². The van der Waals surface area contributed by atoms with Gasteiger partial charge in [0, 0.05) is 63.6 Å². The smallest absolute Gasteiger partial charge is 0.232 e. The van der Waals surface area contributed by atoms with Crippen LogP contribution in [0.25, 0.3) is 11.0 Å². The Labute approximate surface area is 261 Å². The molecule has 2 aromatic carbocycles. The summed E-state index contributed by atoms with van der Waals surface area (Å²) in [5, 5.41) is 6.66. The number of para-hydroxylation sites is 1. The van der Waals surface area contributed by atoms with Crippen LogP contribution >= 0.6 is 0 Å². The Bertz CT molecular complexity index is 1830. The number of likely N-dealkylation sites (N-methyl/N-ethyl adjacent to an activating group) is 1. The highest BCUT2D eigenvalue weighted by Crippen LogP contribution is 2.39. The first-order valence-corrected chi connectivity index (χ1v) is 17.1. The third kappa shape index (κ3) is 6.01. The van der Waals surface area contributed by atoms with Gasteiger partial charge in [-0.3, -0.25) is 9.21 Å². The Morgan fingerprint density at radius 1 is 0.933 bits per heavy atom. The molecule has 0 radical (unpaired) electrons. The number of benzene rings is 2. The maximum atomic E-state index is 15.5. The number of fused-ring (bicyclic) bond motifs is 2. The molecule has 0 unspecified atom stereocenters. The van der Waals surface area contributed by atoms with Crippen LogP contribution in [0.1, 0.15) is 18.4 Å². The molecule has 45 heavy (non-hydrogen) atoms. The maximum Gasteiger partial charge on any atom is 0.232 e. The second-order valence-corrected chi connectivity index (χ2v) is 14.1. The van der Waals surface area contributed by atoms with Gasteiger partial charge in [-0.05, 0) is 56.1 Å². The van der Waals surface area contributed by atoms with E-state index >= 15 is 4.39 Å². The molecule has 0 aliphatic carbocycles. The molecule has 0 saturated carbocycles. The molecular weight excluding hydrogens is 600 g/mol. The quantitative estimate of drug-likeness (QED) is 0.274. The number of H-pyrrole nitrogens is 1. The summed E-state index contributed by atoms with van der Waals surface area (Å²) in [5.41, 5.74) is 3.20. The van der Waals surface area contributed by atoms with Gasteiger partial charge in [-0.2, -0.15) is 14.4 Å². The average molecular weight is 638 g/mol. The van der Waals surface area contributed by atoms with Gasteiger partial charge in [-0.15, -0.1) is 0 Å². The van der Waals surface area contributed by atoms with E-state index in [1.54, 1.807) is 18.2 Å². The number of halogens is 2. The second kappa shape index (κ2) is 11.7. The first kappa shape index (κ1) is 29.7. The van der Waals surface area contributed by atoms with Gasteiger partial charge in [-0.25, -0.2) is 12.8 Å². The maximum absolute atomic E-state index is 15.5. The molecule has 3 aliphatic rings. The predicted molar refractivity (Wildman–Crippen MR) is 173 cm³/mol. The first-order valence-electron chi connectivity index (χ1n) is 15.3. The molecule has 0 spiro atoms. The number of nitrogens with zero attached hydrogens (tertiary/aromatic N) is 6. The monoisotopic (exact) mass is 637 g/mol. The fourth-order valence-electron chi connectivity index (χ4n) is 6.74. The van der Waals surface area contributed by atoms with Crippen molar-refractivity contribution in [2.24, 2.45) is 0 Å². The van der Waals surface area contributed by atoms with Crippen LogP contribution in [0.2, 0.25) is 0 Å². The minimum Gasteiger partial charge on any atom is -0.369 e.